The molecule has 0 aliphatic rings. The molecule has 1 aromatic rings. The molecule has 0 N–H and O–H groups in total. The quantitative estimate of drug-likeness (QED) is 0.331. The molecule has 0 bridgehead atoms. The minimum atomic E-state index is -0.466. The van der Waals surface area contributed by atoms with Crippen molar-refractivity contribution < 1.29 is 9.50 Å². The van der Waals surface area contributed by atoms with Crippen molar-refractivity contribution in [2.45, 2.75) is 0 Å². The van der Waals surface area contributed by atoms with Crippen LogP contribution in [0.1, 0.15) is 0 Å². The maximum atomic E-state index is 10.6. The topological polar surface area (TPSA) is 67.2 Å². The van der Waals surface area contributed by atoms with Crippen molar-refractivity contribution >= 4 is 17.6 Å². The van der Waals surface area contributed by atoms with Crippen LogP contribution in [0.3, 0.4) is 0 Å². The van der Waals surface area contributed by atoms with Crippen LogP contribution in [0.5, 0.6) is 0 Å². The molecule has 0 spiro atoms. The van der Waals surface area contributed by atoms with Gasteiger partial charge in [-0.05, 0) is 0 Å². The van der Waals surface area contributed by atoms with Gasteiger partial charge >= 0.3 is 5.69 Å². The van der Waals surface area contributed by atoms with Crippen LogP contribution in [-0.4, -0.2) is 58.6 Å². The molecular weight excluding hydrogens is 222 g/mol. The zero-order valence-electron chi connectivity index (χ0n) is 10.4. The van der Waals surface area contributed by atoms with Gasteiger partial charge in [0.05, 0.1) is 4.92 Å². The molecule has 0 amide bonds. The average molecular weight is 238 g/mol. The second-order valence-electron chi connectivity index (χ2n) is 4.01. The lowest BCUT2D eigenvalue weighted by molar-refractivity contribution is -0.458. The van der Waals surface area contributed by atoms with Crippen LogP contribution in [0.2, 0.25) is 0 Å². The van der Waals surface area contributed by atoms with Crippen molar-refractivity contribution in [2.24, 2.45) is 0 Å². The molecule has 0 fully saturated rings. The molecule has 0 aliphatic carbocycles. The molecule has 7 heteroatoms. The van der Waals surface area contributed by atoms with Gasteiger partial charge in [-0.15, -0.1) is 0 Å². The molecule has 7 nitrogen and oxygen atoms in total. The van der Waals surface area contributed by atoms with Crippen LogP contribution in [0.15, 0.2) is 18.6 Å². The number of rotatable bonds is 4. The highest BCUT2D eigenvalue weighted by atomic mass is 16.6. The van der Waals surface area contributed by atoms with Gasteiger partial charge in [-0.25, -0.2) is 9.26 Å². The number of hydrogen-bond donors (Lipinski definition) is 0. The fourth-order valence-corrected chi connectivity index (χ4v) is 1.23. The Balaban J connectivity index is 3.14. The molecule has 17 heavy (non-hydrogen) atoms. The highest BCUT2D eigenvalue weighted by Gasteiger charge is 2.12. The molecule has 0 radical (unpaired) electrons. The van der Waals surface area contributed by atoms with Crippen LogP contribution in [-0.2, 0) is 0 Å². The van der Waals surface area contributed by atoms with E-state index in [4.69, 9.17) is 0 Å². The Bertz CT molecular complexity index is 469. The zero-order valence-corrected chi connectivity index (χ0v) is 10.4. The highest BCUT2D eigenvalue weighted by Crippen LogP contribution is 2.11. The van der Waals surface area contributed by atoms with Crippen LogP contribution in [0.25, 0.3) is 5.70 Å². The largest absolute Gasteiger partial charge is 0.382 e. The molecule has 1 heterocycles. The third kappa shape index (κ3) is 3.71. The molecule has 0 aromatic carbocycles. The molecule has 92 valence electrons. The Kier molecular flexibility index (Phi) is 3.97. The molecular formula is C10H16N5O2+. The van der Waals surface area contributed by atoms with E-state index in [0.29, 0.717) is 0 Å². The van der Waals surface area contributed by atoms with Crippen LogP contribution >= 0.6 is 0 Å². The first-order valence-electron chi connectivity index (χ1n) is 4.99. The molecule has 0 saturated heterocycles. The smallest absolute Gasteiger partial charge is 0.307 e. The first-order valence-corrected chi connectivity index (χ1v) is 4.99. The Morgan fingerprint density at radius 1 is 1.53 bits per heavy atom. The van der Waals surface area contributed by atoms with E-state index in [-0.39, 0.29) is 5.69 Å². The number of hydrogen-bond acceptors (Lipinski definition) is 4. The standard InChI is InChI=1S/C10H16N5O2/c1-12(2)6-10(7-13(3)4)14-8-9(5-11-14)15(16)17/h5-8H,1-4H3/q+1. The van der Waals surface area contributed by atoms with Gasteiger partial charge in [0, 0.05) is 20.3 Å². The van der Waals surface area contributed by atoms with Gasteiger partial charge < -0.3 is 4.90 Å². The fourth-order valence-electron chi connectivity index (χ4n) is 1.23. The predicted molar refractivity (Wildman–Crippen MR) is 65.0 cm³/mol. The number of allylic oxidation sites excluding steroid dienone is 1. The Hall–Kier alpha value is -2.18. The van der Waals surface area contributed by atoms with E-state index in [1.807, 2.05) is 50.1 Å². The average Bonchev–Trinajstić information content (AvgIpc) is 2.63. The van der Waals surface area contributed by atoms with Crippen LogP contribution in [0.4, 0.5) is 5.69 Å². The summed E-state index contributed by atoms with van der Waals surface area (Å²) in [7, 11) is 7.51. The molecule has 0 saturated carbocycles. The van der Waals surface area contributed by atoms with Crippen molar-refractivity contribution in [1.29, 1.82) is 0 Å². The molecule has 0 unspecified atom stereocenters. The second kappa shape index (κ2) is 5.24. The summed E-state index contributed by atoms with van der Waals surface area (Å²) in [5.74, 6) is 0. The maximum absolute atomic E-state index is 10.6. The third-order valence-electron chi connectivity index (χ3n) is 1.83. The summed E-state index contributed by atoms with van der Waals surface area (Å²) >= 11 is 0. The van der Waals surface area contributed by atoms with Gasteiger partial charge in [0.15, 0.2) is 6.21 Å². The summed E-state index contributed by atoms with van der Waals surface area (Å²) in [5, 5.41) is 14.5. The predicted octanol–water partition coefficient (Wildman–Crippen LogP) is 0.494. The van der Waals surface area contributed by atoms with Crippen molar-refractivity contribution in [3.63, 3.8) is 0 Å². The van der Waals surface area contributed by atoms with E-state index in [9.17, 15) is 10.1 Å². The molecule has 1 aromatic heterocycles. The maximum Gasteiger partial charge on any atom is 0.307 e. The summed E-state index contributed by atoms with van der Waals surface area (Å²) in [4.78, 5) is 12.0. The summed E-state index contributed by atoms with van der Waals surface area (Å²) in [5.41, 5.74) is 0.718. The molecule has 1 rings (SSSR count). The van der Waals surface area contributed by atoms with E-state index in [1.165, 1.54) is 17.1 Å². The lowest BCUT2D eigenvalue weighted by atomic mass is 10.4. The first-order chi connectivity index (χ1) is 7.90. The molecule has 0 atom stereocenters. The normalized spacial score (nSPS) is 11.2. The van der Waals surface area contributed by atoms with Crippen molar-refractivity contribution in [3.8, 4) is 0 Å². The lowest BCUT2D eigenvalue weighted by Gasteiger charge is -2.06. The number of aromatic nitrogens is 2. The Morgan fingerprint density at radius 2 is 2.18 bits per heavy atom. The van der Waals surface area contributed by atoms with Crippen LogP contribution < -0.4 is 0 Å². The summed E-state index contributed by atoms with van der Waals surface area (Å²) in [6, 6.07) is 0. The zero-order chi connectivity index (χ0) is 13.0. The highest BCUT2D eigenvalue weighted by molar-refractivity contribution is 5.98. The van der Waals surface area contributed by atoms with E-state index >= 15 is 0 Å². The summed E-state index contributed by atoms with van der Waals surface area (Å²) < 4.78 is 3.32. The Labute approximate surface area is 99.4 Å². The molecule has 0 aliphatic heterocycles. The summed E-state index contributed by atoms with van der Waals surface area (Å²) in [6.45, 7) is 0. The van der Waals surface area contributed by atoms with E-state index in [1.54, 1.807) is 0 Å². The van der Waals surface area contributed by atoms with Gasteiger partial charge in [0.25, 0.3) is 0 Å². The van der Waals surface area contributed by atoms with Crippen LogP contribution in [0, 0.1) is 10.1 Å². The minimum absolute atomic E-state index is 0.0261. The SMILES string of the molecule is CN(C)C=C(C=[N+](C)C)n1cc([N+](=O)[O-])cn1. The van der Waals surface area contributed by atoms with Gasteiger partial charge in [0.1, 0.15) is 32.2 Å². The van der Waals surface area contributed by atoms with Crippen molar-refractivity contribution in [3.05, 3.63) is 28.7 Å². The number of nitro groups is 1. The Morgan fingerprint density at radius 3 is 2.59 bits per heavy atom. The van der Waals surface area contributed by atoms with Gasteiger partial charge in [0.2, 0.25) is 0 Å². The number of nitrogens with zero attached hydrogens (tertiary/aromatic N) is 5. The monoisotopic (exact) mass is 238 g/mol. The fraction of sp³-hybridized carbons (Fsp3) is 0.400. The van der Waals surface area contributed by atoms with Crippen molar-refractivity contribution in [2.75, 3.05) is 28.2 Å². The third-order valence-corrected chi connectivity index (χ3v) is 1.83. The lowest BCUT2D eigenvalue weighted by Crippen LogP contribution is -2.11. The van der Waals surface area contributed by atoms with E-state index in [2.05, 4.69) is 5.10 Å². The van der Waals surface area contributed by atoms with Gasteiger partial charge in [-0.3, -0.25) is 10.1 Å². The van der Waals surface area contributed by atoms with E-state index in [0.717, 1.165) is 5.70 Å². The first kappa shape index (κ1) is 12.9. The van der Waals surface area contributed by atoms with Gasteiger partial charge in [-0.2, -0.15) is 5.10 Å². The minimum Gasteiger partial charge on any atom is -0.382 e. The van der Waals surface area contributed by atoms with Crippen molar-refractivity contribution in [1.82, 2.24) is 14.7 Å². The van der Waals surface area contributed by atoms with Gasteiger partial charge in [-0.1, -0.05) is 0 Å². The second-order valence-corrected chi connectivity index (χ2v) is 4.01. The summed E-state index contributed by atoms with van der Waals surface area (Å²) in [6.07, 6.45) is 6.27. The van der Waals surface area contributed by atoms with E-state index < -0.39 is 4.92 Å².